The molecule has 0 radical (unpaired) electrons. The predicted molar refractivity (Wildman–Crippen MR) is 114 cm³/mol. The third-order valence-electron chi connectivity index (χ3n) is 5.12. The molecule has 0 unspecified atom stereocenters. The zero-order chi connectivity index (χ0) is 20.5. The van der Waals surface area contributed by atoms with E-state index in [0.29, 0.717) is 54.9 Å². The predicted octanol–water partition coefficient (Wildman–Crippen LogP) is 2.74. The molecule has 3 N–H and O–H groups in total. The number of nitrogens with one attached hydrogen (secondary N) is 1. The highest BCUT2D eigenvalue weighted by Gasteiger charge is 2.19. The molecular weight excluding hydrogens is 380 g/mol. The van der Waals surface area contributed by atoms with Crippen LogP contribution in [0.3, 0.4) is 0 Å². The summed E-state index contributed by atoms with van der Waals surface area (Å²) in [7, 11) is 0. The maximum atomic E-state index is 12.8. The molecule has 0 bridgehead atoms. The Morgan fingerprint density at radius 3 is 2.73 bits per heavy atom. The van der Waals surface area contributed by atoms with Crippen LogP contribution in [0.4, 0.5) is 5.82 Å². The number of nitrogens with two attached hydrogens (primary N) is 1. The third-order valence-corrected chi connectivity index (χ3v) is 5.12. The maximum absolute atomic E-state index is 12.8. The van der Waals surface area contributed by atoms with Gasteiger partial charge in [-0.15, -0.1) is 0 Å². The molecule has 1 aliphatic rings. The Bertz CT molecular complexity index is 1200. The summed E-state index contributed by atoms with van der Waals surface area (Å²) in [6, 6.07) is 15.1. The first kappa shape index (κ1) is 18.3. The van der Waals surface area contributed by atoms with Gasteiger partial charge in [0.15, 0.2) is 11.6 Å². The molecule has 0 atom stereocenters. The normalized spacial score (nSPS) is 14.2. The van der Waals surface area contributed by atoms with Crippen molar-refractivity contribution in [1.82, 2.24) is 24.8 Å². The molecule has 1 saturated heterocycles. The highest BCUT2D eigenvalue weighted by Crippen LogP contribution is 2.26. The van der Waals surface area contributed by atoms with Crippen molar-refractivity contribution in [3.63, 3.8) is 0 Å². The fourth-order valence-corrected chi connectivity index (χ4v) is 3.54. The lowest BCUT2D eigenvalue weighted by molar-refractivity contribution is 0.0303. The molecule has 0 saturated carbocycles. The van der Waals surface area contributed by atoms with Gasteiger partial charge in [-0.1, -0.05) is 24.3 Å². The summed E-state index contributed by atoms with van der Waals surface area (Å²) >= 11 is 0. The summed E-state index contributed by atoms with van der Waals surface area (Å²) in [6.07, 6.45) is 1.61. The van der Waals surface area contributed by atoms with E-state index >= 15 is 0 Å². The molecule has 8 nitrogen and oxygen atoms in total. The number of hydrogen-bond acceptors (Lipinski definition) is 6. The summed E-state index contributed by atoms with van der Waals surface area (Å²) < 4.78 is 5.33. The number of H-pyrrole nitrogens is 1. The zero-order valence-corrected chi connectivity index (χ0v) is 16.2. The lowest BCUT2D eigenvalue weighted by atomic mass is 10.1. The Morgan fingerprint density at radius 2 is 1.90 bits per heavy atom. The Hall–Kier alpha value is -3.78. The molecule has 8 heteroatoms. The van der Waals surface area contributed by atoms with Gasteiger partial charge in [-0.2, -0.15) is 0 Å². The molecule has 1 amide bonds. The number of rotatable bonds is 3. The van der Waals surface area contributed by atoms with E-state index in [0.717, 1.165) is 16.6 Å². The molecule has 0 aliphatic carbocycles. The molecule has 1 aliphatic heterocycles. The molecule has 1 fully saturated rings. The number of aromatic nitrogens is 4. The van der Waals surface area contributed by atoms with Gasteiger partial charge in [0.2, 0.25) is 0 Å². The van der Waals surface area contributed by atoms with Crippen molar-refractivity contribution >= 4 is 22.8 Å². The zero-order valence-electron chi connectivity index (χ0n) is 16.2. The van der Waals surface area contributed by atoms with Crippen molar-refractivity contribution < 1.29 is 9.53 Å². The van der Waals surface area contributed by atoms with E-state index in [1.165, 1.54) is 0 Å². The molecule has 150 valence electrons. The van der Waals surface area contributed by atoms with Gasteiger partial charge in [-0.05, 0) is 24.3 Å². The van der Waals surface area contributed by atoms with Crippen LogP contribution in [0.25, 0.3) is 33.8 Å². The van der Waals surface area contributed by atoms with Crippen molar-refractivity contribution in [2.24, 2.45) is 0 Å². The van der Waals surface area contributed by atoms with Crippen LogP contribution in [-0.4, -0.2) is 57.0 Å². The fourth-order valence-electron chi connectivity index (χ4n) is 3.54. The van der Waals surface area contributed by atoms with Gasteiger partial charge < -0.3 is 20.4 Å². The first-order valence-corrected chi connectivity index (χ1v) is 9.74. The minimum atomic E-state index is -0.0129. The number of hydrogen-bond donors (Lipinski definition) is 2. The number of carbonyl (C=O) groups is 1. The Balaban J connectivity index is 1.50. The number of nitrogen functional groups attached to an aromatic ring is 1. The SMILES string of the molecule is Nc1ncc(-c2cccc(C(=O)N3CCOCC3)c2)nc1-c1nc2ccccc2[nH]1. The van der Waals surface area contributed by atoms with Crippen molar-refractivity contribution in [3.8, 4) is 22.8 Å². The van der Waals surface area contributed by atoms with E-state index in [9.17, 15) is 4.79 Å². The van der Waals surface area contributed by atoms with E-state index in [1.807, 2.05) is 48.5 Å². The minimum absolute atomic E-state index is 0.0129. The second kappa shape index (κ2) is 7.57. The number of imidazole rings is 1. The number of benzene rings is 2. The number of para-hydroxylation sites is 2. The highest BCUT2D eigenvalue weighted by molar-refractivity contribution is 5.95. The number of carbonyl (C=O) groups excluding carboxylic acids is 1. The number of aromatic amines is 1. The number of morpholine rings is 1. The van der Waals surface area contributed by atoms with Gasteiger partial charge in [0.1, 0.15) is 5.69 Å². The second-order valence-corrected chi connectivity index (χ2v) is 7.08. The van der Waals surface area contributed by atoms with E-state index < -0.39 is 0 Å². The quantitative estimate of drug-likeness (QED) is 0.547. The van der Waals surface area contributed by atoms with Gasteiger partial charge in [0.05, 0.1) is 36.1 Å². The molecule has 3 heterocycles. The van der Waals surface area contributed by atoms with Crippen molar-refractivity contribution in [2.45, 2.75) is 0 Å². The Morgan fingerprint density at radius 1 is 1.07 bits per heavy atom. The van der Waals surface area contributed by atoms with E-state index in [-0.39, 0.29) is 5.91 Å². The maximum Gasteiger partial charge on any atom is 0.254 e. The topological polar surface area (TPSA) is 110 Å². The van der Waals surface area contributed by atoms with Gasteiger partial charge in [0.25, 0.3) is 5.91 Å². The molecule has 5 rings (SSSR count). The van der Waals surface area contributed by atoms with Crippen LogP contribution in [0, 0.1) is 0 Å². The van der Waals surface area contributed by atoms with Crippen LogP contribution >= 0.6 is 0 Å². The van der Waals surface area contributed by atoms with Gasteiger partial charge >= 0.3 is 0 Å². The minimum Gasteiger partial charge on any atom is -0.382 e. The Labute approximate surface area is 172 Å². The Kier molecular flexibility index (Phi) is 4.61. The van der Waals surface area contributed by atoms with Crippen LogP contribution in [-0.2, 0) is 4.74 Å². The van der Waals surface area contributed by atoms with E-state index in [1.54, 1.807) is 11.1 Å². The summed E-state index contributed by atoms with van der Waals surface area (Å²) in [5, 5.41) is 0. The summed E-state index contributed by atoms with van der Waals surface area (Å²) in [4.78, 5) is 31.4. The number of nitrogens with zero attached hydrogens (tertiary/aromatic N) is 4. The molecule has 30 heavy (non-hydrogen) atoms. The average Bonchev–Trinajstić information content (AvgIpc) is 3.23. The molecule has 2 aromatic heterocycles. The largest absolute Gasteiger partial charge is 0.382 e. The third kappa shape index (κ3) is 3.37. The standard InChI is InChI=1S/C22H20N6O2/c23-20-19(21-26-16-6-1-2-7-17(16)27-21)25-18(13-24-20)14-4-3-5-15(12-14)22(29)28-8-10-30-11-9-28/h1-7,12-13H,8-11H2,(H2,23,24)(H,26,27). The van der Waals surface area contributed by atoms with Crippen LogP contribution in [0.5, 0.6) is 0 Å². The number of amides is 1. The van der Waals surface area contributed by atoms with Crippen LogP contribution < -0.4 is 5.73 Å². The van der Waals surface area contributed by atoms with Gasteiger partial charge in [-0.3, -0.25) is 4.79 Å². The van der Waals surface area contributed by atoms with Gasteiger partial charge in [0, 0.05) is 24.2 Å². The average molecular weight is 400 g/mol. The smallest absolute Gasteiger partial charge is 0.254 e. The lowest BCUT2D eigenvalue weighted by Gasteiger charge is -2.27. The van der Waals surface area contributed by atoms with Crippen molar-refractivity contribution in [1.29, 1.82) is 0 Å². The molecule has 0 spiro atoms. The summed E-state index contributed by atoms with van der Waals surface area (Å²) in [6.45, 7) is 2.33. The fraction of sp³-hybridized carbons (Fsp3) is 0.182. The first-order valence-electron chi connectivity index (χ1n) is 9.74. The van der Waals surface area contributed by atoms with Gasteiger partial charge in [-0.25, -0.2) is 15.0 Å². The molecular formula is C22H20N6O2. The molecule has 2 aromatic carbocycles. The lowest BCUT2D eigenvalue weighted by Crippen LogP contribution is -2.40. The van der Waals surface area contributed by atoms with Crippen LogP contribution in [0.2, 0.25) is 0 Å². The van der Waals surface area contributed by atoms with Crippen molar-refractivity contribution in [3.05, 3.63) is 60.3 Å². The second-order valence-electron chi connectivity index (χ2n) is 7.08. The number of anilines is 1. The van der Waals surface area contributed by atoms with E-state index in [2.05, 4.69) is 15.0 Å². The molecule has 4 aromatic rings. The van der Waals surface area contributed by atoms with Crippen molar-refractivity contribution in [2.75, 3.05) is 32.0 Å². The number of fused-ring (bicyclic) bond motifs is 1. The summed E-state index contributed by atoms with van der Waals surface area (Å²) in [5.74, 6) is 0.836. The highest BCUT2D eigenvalue weighted by atomic mass is 16.5. The number of ether oxygens (including phenoxy) is 1. The summed E-state index contributed by atoms with van der Waals surface area (Å²) in [5.41, 5.74) is 10.3. The first-order chi connectivity index (χ1) is 14.7. The van der Waals surface area contributed by atoms with Crippen LogP contribution in [0.1, 0.15) is 10.4 Å². The monoisotopic (exact) mass is 400 g/mol. The van der Waals surface area contributed by atoms with E-state index in [4.69, 9.17) is 15.5 Å². The van der Waals surface area contributed by atoms with Crippen LogP contribution in [0.15, 0.2) is 54.7 Å².